The van der Waals surface area contributed by atoms with Crippen molar-refractivity contribution in [3.63, 3.8) is 0 Å². The number of carbonyl (C=O) groups is 1. The van der Waals surface area contributed by atoms with Crippen molar-refractivity contribution in [2.75, 3.05) is 6.54 Å². The lowest BCUT2D eigenvalue weighted by Gasteiger charge is -2.00. The third-order valence-corrected chi connectivity index (χ3v) is 1.99. The van der Waals surface area contributed by atoms with Crippen LogP contribution in [0.4, 0.5) is 0 Å². The van der Waals surface area contributed by atoms with E-state index in [-0.39, 0.29) is 5.91 Å². The molecule has 1 aliphatic heterocycles. The summed E-state index contributed by atoms with van der Waals surface area (Å²) in [7, 11) is 0. The van der Waals surface area contributed by atoms with Crippen LogP contribution in [0.15, 0.2) is 23.0 Å². The highest BCUT2D eigenvalue weighted by atomic mass is 16.3. The summed E-state index contributed by atoms with van der Waals surface area (Å²) in [5.74, 6) is 0.456. The Kier molecular flexibility index (Phi) is 1.42. The Hall–Kier alpha value is -1.25. The van der Waals surface area contributed by atoms with Crippen LogP contribution in [0.1, 0.15) is 17.9 Å². The van der Waals surface area contributed by atoms with Gasteiger partial charge in [-0.05, 0) is 11.6 Å². The van der Waals surface area contributed by atoms with Gasteiger partial charge in [0.1, 0.15) is 0 Å². The molecule has 1 N–H and O–H groups in total. The average molecular weight is 151 g/mol. The Morgan fingerprint density at radius 2 is 2.55 bits per heavy atom. The van der Waals surface area contributed by atoms with E-state index in [4.69, 9.17) is 4.42 Å². The predicted molar refractivity (Wildman–Crippen MR) is 39.1 cm³/mol. The summed E-state index contributed by atoms with van der Waals surface area (Å²) in [6, 6.07) is 1.91. The van der Waals surface area contributed by atoms with Crippen LogP contribution in [0.2, 0.25) is 0 Å². The van der Waals surface area contributed by atoms with Crippen molar-refractivity contribution in [2.24, 2.45) is 0 Å². The van der Waals surface area contributed by atoms with Crippen LogP contribution in [0, 0.1) is 0 Å². The summed E-state index contributed by atoms with van der Waals surface area (Å²) in [6.45, 7) is 0.748. The topological polar surface area (TPSA) is 42.2 Å². The highest BCUT2D eigenvalue weighted by Crippen LogP contribution is 2.22. The van der Waals surface area contributed by atoms with Gasteiger partial charge in [-0.2, -0.15) is 0 Å². The van der Waals surface area contributed by atoms with E-state index in [1.54, 1.807) is 12.5 Å². The Morgan fingerprint density at radius 3 is 3.09 bits per heavy atom. The zero-order valence-electron chi connectivity index (χ0n) is 6.04. The fourth-order valence-corrected chi connectivity index (χ4v) is 1.35. The Labute approximate surface area is 64.4 Å². The minimum absolute atomic E-state index is 0.135. The zero-order valence-corrected chi connectivity index (χ0v) is 6.04. The van der Waals surface area contributed by atoms with Crippen LogP contribution < -0.4 is 5.32 Å². The molecule has 11 heavy (non-hydrogen) atoms. The Bertz CT molecular complexity index is 253. The summed E-state index contributed by atoms with van der Waals surface area (Å²) in [5, 5.41) is 2.78. The monoisotopic (exact) mass is 151 g/mol. The van der Waals surface area contributed by atoms with E-state index < -0.39 is 0 Å². The molecule has 1 atom stereocenters. The molecular formula is C8H9NO2. The molecule has 1 saturated heterocycles. The van der Waals surface area contributed by atoms with Gasteiger partial charge in [-0.15, -0.1) is 0 Å². The molecule has 1 aromatic rings. The molecule has 1 aliphatic rings. The lowest BCUT2D eigenvalue weighted by atomic mass is 10.0. The zero-order chi connectivity index (χ0) is 7.68. The summed E-state index contributed by atoms with van der Waals surface area (Å²) < 4.78 is 4.92. The molecular weight excluding hydrogens is 142 g/mol. The van der Waals surface area contributed by atoms with Gasteiger partial charge in [0, 0.05) is 18.9 Å². The summed E-state index contributed by atoms with van der Waals surface area (Å²) >= 11 is 0. The molecule has 0 aliphatic carbocycles. The minimum Gasteiger partial charge on any atom is -0.472 e. The molecule has 0 unspecified atom stereocenters. The normalized spacial score (nSPS) is 23.6. The van der Waals surface area contributed by atoms with Gasteiger partial charge in [-0.3, -0.25) is 4.79 Å². The predicted octanol–water partition coefficient (Wildman–Crippen LogP) is 0.883. The van der Waals surface area contributed by atoms with Crippen molar-refractivity contribution in [1.82, 2.24) is 5.32 Å². The smallest absolute Gasteiger partial charge is 0.220 e. The maximum atomic E-state index is 10.8. The second-order valence-electron chi connectivity index (χ2n) is 2.76. The van der Waals surface area contributed by atoms with Gasteiger partial charge in [0.2, 0.25) is 5.91 Å². The van der Waals surface area contributed by atoms with E-state index in [0.29, 0.717) is 12.3 Å². The Balaban J connectivity index is 2.13. The number of hydrogen-bond donors (Lipinski definition) is 1. The fraction of sp³-hybridized carbons (Fsp3) is 0.375. The molecule has 0 bridgehead atoms. The van der Waals surface area contributed by atoms with Crippen LogP contribution in [0.5, 0.6) is 0 Å². The van der Waals surface area contributed by atoms with Gasteiger partial charge in [0.05, 0.1) is 12.5 Å². The SMILES string of the molecule is O=C1C[C@@H](c2ccoc2)CN1. The summed E-state index contributed by atoms with van der Waals surface area (Å²) in [4.78, 5) is 10.8. The second-order valence-corrected chi connectivity index (χ2v) is 2.76. The largest absolute Gasteiger partial charge is 0.472 e. The standard InChI is InChI=1S/C8H9NO2/c10-8-3-7(4-9-8)6-1-2-11-5-6/h1-2,5,7H,3-4H2,(H,9,10)/t7-/m1/s1. The number of amides is 1. The number of nitrogens with one attached hydrogen (secondary N) is 1. The third kappa shape index (κ3) is 1.13. The first kappa shape index (κ1) is 6.46. The van der Waals surface area contributed by atoms with E-state index in [9.17, 15) is 4.79 Å². The number of hydrogen-bond acceptors (Lipinski definition) is 2. The van der Waals surface area contributed by atoms with Crippen molar-refractivity contribution in [1.29, 1.82) is 0 Å². The first-order valence-corrected chi connectivity index (χ1v) is 3.65. The molecule has 0 saturated carbocycles. The van der Waals surface area contributed by atoms with E-state index in [1.807, 2.05) is 6.07 Å². The number of furan rings is 1. The minimum atomic E-state index is 0.135. The number of rotatable bonds is 1. The summed E-state index contributed by atoms with van der Waals surface area (Å²) in [5.41, 5.74) is 1.11. The van der Waals surface area contributed by atoms with Crippen LogP contribution >= 0.6 is 0 Å². The van der Waals surface area contributed by atoms with Crippen molar-refractivity contribution >= 4 is 5.91 Å². The van der Waals surface area contributed by atoms with Crippen LogP contribution in [0.25, 0.3) is 0 Å². The quantitative estimate of drug-likeness (QED) is 0.647. The molecule has 0 radical (unpaired) electrons. The molecule has 0 spiro atoms. The first-order chi connectivity index (χ1) is 5.36. The van der Waals surface area contributed by atoms with Gasteiger partial charge in [0.15, 0.2) is 0 Å². The first-order valence-electron chi connectivity index (χ1n) is 3.65. The lowest BCUT2D eigenvalue weighted by Crippen LogP contribution is -2.13. The van der Waals surface area contributed by atoms with Crippen molar-refractivity contribution in [3.8, 4) is 0 Å². The van der Waals surface area contributed by atoms with Gasteiger partial charge in [-0.25, -0.2) is 0 Å². The molecule has 0 aromatic carbocycles. The molecule has 58 valence electrons. The highest BCUT2D eigenvalue weighted by molar-refractivity contribution is 5.79. The third-order valence-electron chi connectivity index (χ3n) is 1.99. The van der Waals surface area contributed by atoms with Crippen molar-refractivity contribution in [3.05, 3.63) is 24.2 Å². The fourth-order valence-electron chi connectivity index (χ4n) is 1.35. The van der Waals surface area contributed by atoms with Gasteiger partial charge in [-0.1, -0.05) is 0 Å². The van der Waals surface area contributed by atoms with E-state index in [2.05, 4.69) is 5.32 Å². The molecule has 1 fully saturated rings. The maximum absolute atomic E-state index is 10.8. The molecule has 3 nitrogen and oxygen atoms in total. The molecule has 1 aromatic heterocycles. The highest BCUT2D eigenvalue weighted by Gasteiger charge is 2.23. The molecule has 2 heterocycles. The van der Waals surface area contributed by atoms with Crippen LogP contribution in [-0.2, 0) is 4.79 Å². The van der Waals surface area contributed by atoms with Gasteiger partial charge in [0.25, 0.3) is 0 Å². The van der Waals surface area contributed by atoms with Crippen molar-refractivity contribution < 1.29 is 9.21 Å². The second kappa shape index (κ2) is 2.42. The lowest BCUT2D eigenvalue weighted by molar-refractivity contribution is -0.119. The molecule has 1 amide bonds. The van der Waals surface area contributed by atoms with E-state index in [1.165, 1.54) is 0 Å². The van der Waals surface area contributed by atoms with Crippen LogP contribution in [-0.4, -0.2) is 12.5 Å². The summed E-state index contributed by atoms with van der Waals surface area (Å²) in [6.07, 6.45) is 3.93. The van der Waals surface area contributed by atoms with E-state index in [0.717, 1.165) is 12.1 Å². The van der Waals surface area contributed by atoms with Gasteiger partial charge < -0.3 is 9.73 Å². The van der Waals surface area contributed by atoms with Crippen molar-refractivity contribution in [2.45, 2.75) is 12.3 Å². The van der Waals surface area contributed by atoms with Gasteiger partial charge >= 0.3 is 0 Å². The molecule has 3 heteroatoms. The average Bonchev–Trinajstić information content (AvgIpc) is 2.55. The molecule has 2 rings (SSSR count). The van der Waals surface area contributed by atoms with E-state index >= 15 is 0 Å². The van der Waals surface area contributed by atoms with Crippen LogP contribution in [0.3, 0.4) is 0 Å². The maximum Gasteiger partial charge on any atom is 0.220 e. The number of carbonyl (C=O) groups excluding carboxylic acids is 1. The Morgan fingerprint density at radius 1 is 1.64 bits per heavy atom.